The zero-order chi connectivity index (χ0) is 10.2. The molecule has 0 spiro atoms. The predicted octanol–water partition coefficient (Wildman–Crippen LogP) is 1.40. The van der Waals surface area contributed by atoms with Crippen LogP contribution in [-0.4, -0.2) is 20.7 Å². The van der Waals surface area contributed by atoms with E-state index in [-0.39, 0.29) is 6.61 Å². The van der Waals surface area contributed by atoms with Crippen molar-refractivity contribution in [3.8, 4) is 0 Å². The van der Waals surface area contributed by atoms with E-state index in [9.17, 15) is 8.42 Å². The van der Waals surface area contributed by atoms with Gasteiger partial charge in [-0.3, -0.25) is 0 Å². The molecule has 0 aromatic heterocycles. The minimum atomic E-state index is -3.70. The summed E-state index contributed by atoms with van der Waals surface area (Å²) in [4.78, 5) is 0. The van der Waals surface area contributed by atoms with Crippen LogP contribution in [0.2, 0.25) is 5.02 Å². The van der Waals surface area contributed by atoms with Crippen LogP contribution >= 0.6 is 11.6 Å². The highest BCUT2D eigenvalue weighted by atomic mass is 35.5. The third-order valence-corrected chi connectivity index (χ3v) is 2.86. The molecular weight excluding hydrogens is 226 g/mol. The summed E-state index contributed by atoms with van der Waals surface area (Å²) in [7, 11) is -3.70. The van der Waals surface area contributed by atoms with Crippen molar-refractivity contribution < 1.29 is 12.6 Å². The summed E-state index contributed by atoms with van der Waals surface area (Å²) in [5.41, 5.74) is 1.11. The molecular formula is C8H6ClNO3S. The SMILES string of the molecule is O=S1(=O)N=C(c2ccc(Cl)cc2)CO1. The molecule has 4 nitrogen and oxygen atoms in total. The molecule has 74 valence electrons. The van der Waals surface area contributed by atoms with E-state index in [1.165, 1.54) is 0 Å². The molecule has 0 amide bonds. The average molecular weight is 232 g/mol. The Morgan fingerprint density at radius 2 is 1.93 bits per heavy atom. The third-order valence-electron chi connectivity index (χ3n) is 1.74. The minimum absolute atomic E-state index is 0.00995. The summed E-state index contributed by atoms with van der Waals surface area (Å²) in [5.74, 6) is 0. The lowest BCUT2D eigenvalue weighted by molar-refractivity contribution is 0.382. The van der Waals surface area contributed by atoms with E-state index in [2.05, 4.69) is 8.58 Å². The third kappa shape index (κ3) is 1.95. The van der Waals surface area contributed by atoms with Crippen LogP contribution in [0.1, 0.15) is 5.56 Å². The summed E-state index contributed by atoms with van der Waals surface area (Å²) in [6.07, 6.45) is 0. The average Bonchev–Trinajstić information content (AvgIpc) is 2.47. The van der Waals surface area contributed by atoms with Crippen LogP contribution in [0.15, 0.2) is 28.7 Å². The first-order chi connectivity index (χ1) is 6.57. The van der Waals surface area contributed by atoms with Gasteiger partial charge in [-0.05, 0) is 17.7 Å². The van der Waals surface area contributed by atoms with Gasteiger partial charge in [0.15, 0.2) is 0 Å². The van der Waals surface area contributed by atoms with Crippen molar-refractivity contribution in [2.24, 2.45) is 4.40 Å². The van der Waals surface area contributed by atoms with E-state index in [1.54, 1.807) is 24.3 Å². The summed E-state index contributed by atoms with van der Waals surface area (Å²) in [6.45, 7) is -0.00995. The highest BCUT2D eigenvalue weighted by Gasteiger charge is 2.21. The van der Waals surface area contributed by atoms with Crippen LogP contribution in [-0.2, 0) is 14.5 Å². The molecule has 0 saturated heterocycles. The Morgan fingerprint density at radius 1 is 1.29 bits per heavy atom. The molecule has 1 heterocycles. The van der Waals surface area contributed by atoms with Gasteiger partial charge in [0, 0.05) is 5.02 Å². The lowest BCUT2D eigenvalue weighted by atomic mass is 10.1. The Labute approximate surface area is 86.4 Å². The second kappa shape index (κ2) is 3.34. The molecule has 0 saturated carbocycles. The summed E-state index contributed by atoms with van der Waals surface area (Å²) in [6, 6.07) is 6.74. The predicted molar refractivity (Wildman–Crippen MR) is 52.9 cm³/mol. The molecule has 1 aliphatic rings. The van der Waals surface area contributed by atoms with Gasteiger partial charge in [-0.25, -0.2) is 4.18 Å². The molecule has 1 aromatic carbocycles. The molecule has 0 unspecified atom stereocenters. The number of rotatable bonds is 1. The smallest absolute Gasteiger partial charge is 0.246 e. The van der Waals surface area contributed by atoms with Gasteiger partial charge in [0.05, 0.1) is 5.71 Å². The fraction of sp³-hybridized carbons (Fsp3) is 0.125. The molecule has 0 radical (unpaired) electrons. The molecule has 2 rings (SSSR count). The van der Waals surface area contributed by atoms with Crippen LogP contribution in [0, 0.1) is 0 Å². The normalized spacial score (nSPS) is 19.4. The van der Waals surface area contributed by atoms with E-state index < -0.39 is 10.3 Å². The molecule has 0 bridgehead atoms. The molecule has 1 aliphatic heterocycles. The first-order valence-corrected chi connectivity index (χ1v) is 5.55. The van der Waals surface area contributed by atoms with Gasteiger partial charge in [-0.15, -0.1) is 4.40 Å². The molecule has 1 aromatic rings. The van der Waals surface area contributed by atoms with E-state index in [4.69, 9.17) is 11.6 Å². The van der Waals surface area contributed by atoms with Crippen molar-refractivity contribution in [1.29, 1.82) is 0 Å². The van der Waals surface area contributed by atoms with Crippen LogP contribution in [0.25, 0.3) is 0 Å². The standard InChI is InChI=1S/C8H6ClNO3S/c9-7-3-1-6(2-4-7)8-5-13-14(11,12)10-8/h1-4H,5H2. The van der Waals surface area contributed by atoms with Crippen molar-refractivity contribution in [3.63, 3.8) is 0 Å². The summed E-state index contributed by atoms with van der Waals surface area (Å²) < 4.78 is 29.6. The second-order valence-electron chi connectivity index (χ2n) is 2.73. The quantitative estimate of drug-likeness (QED) is 0.734. The fourth-order valence-corrected chi connectivity index (χ4v) is 1.96. The zero-order valence-electron chi connectivity index (χ0n) is 6.97. The van der Waals surface area contributed by atoms with Crippen LogP contribution in [0.4, 0.5) is 0 Å². The first-order valence-electron chi connectivity index (χ1n) is 3.81. The van der Waals surface area contributed by atoms with Crippen LogP contribution in [0.5, 0.6) is 0 Å². The molecule has 6 heteroatoms. The number of hydrogen-bond acceptors (Lipinski definition) is 3. The molecule has 0 atom stereocenters. The largest absolute Gasteiger partial charge is 0.381 e. The highest BCUT2D eigenvalue weighted by Crippen LogP contribution is 2.15. The molecule has 0 fully saturated rings. The Bertz CT molecular complexity index is 478. The van der Waals surface area contributed by atoms with Crippen molar-refractivity contribution in [1.82, 2.24) is 0 Å². The topological polar surface area (TPSA) is 55.7 Å². The van der Waals surface area contributed by atoms with Gasteiger partial charge < -0.3 is 0 Å². The van der Waals surface area contributed by atoms with E-state index in [0.717, 1.165) is 0 Å². The monoisotopic (exact) mass is 231 g/mol. The maximum Gasteiger partial charge on any atom is 0.381 e. The van der Waals surface area contributed by atoms with E-state index in [0.29, 0.717) is 16.3 Å². The van der Waals surface area contributed by atoms with Crippen molar-refractivity contribution in [2.75, 3.05) is 6.61 Å². The van der Waals surface area contributed by atoms with Gasteiger partial charge in [0.1, 0.15) is 6.61 Å². The summed E-state index contributed by atoms with van der Waals surface area (Å²) in [5, 5.41) is 0.594. The number of benzene rings is 1. The fourth-order valence-electron chi connectivity index (χ4n) is 1.10. The second-order valence-corrected chi connectivity index (χ2v) is 4.44. The molecule has 0 N–H and O–H groups in total. The molecule has 0 aliphatic carbocycles. The van der Waals surface area contributed by atoms with E-state index in [1.807, 2.05) is 0 Å². The number of halogens is 1. The van der Waals surface area contributed by atoms with Crippen molar-refractivity contribution >= 4 is 27.6 Å². The van der Waals surface area contributed by atoms with E-state index >= 15 is 0 Å². The minimum Gasteiger partial charge on any atom is -0.246 e. The van der Waals surface area contributed by atoms with Gasteiger partial charge in [0.25, 0.3) is 0 Å². The Morgan fingerprint density at radius 3 is 2.43 bits per heavy atom. The highest BCUT2D eigenvalue weighted by molar-refractivity contribution is 7.85. The molecule has 14 heavy (non-hydrogen) atoms. The van der Waals surface area contributed by atoms with Gasteiger partial charge in [-0.2, -0.15) is 8.42 Å². The van der Waals surface area contributed by atoms with Crippen molar-refractivity contribution in [3.05, 3.63) is 34.9 Å². The Kier molecular flexibility index (Phi) is 2.30. The van der Waals surface area contributed by atoms with Crippen molar-refractivity contribution in [2.45, 2.75) is 0 Å². The Hall–Kier alpha value is -0.910. The Balaban J connectivity index is 2.38. The maximum atomic E-state index is 10.8. The number of hydrogen-bond donors (Lipinski definition) is 0. The lowest BCUT2D eigenvalue weighted by Gasteiger charge is -1.96. The zero-order valence-corrected chi connectivity index (χ0v) is 8.55. The van der Waals surface area contributed by atoms with Gasteiger partial charge in [-0.1, -0.05) is 23.7 Å². The lowest BCUT2D eigenvalue weighted by Crippen LogP contribution is -2.02. The number of nitrogens with zero attached hydrogens (tertiary/aromatic N) is 1. The summed E-state index contributed by atoms with van der Waals surface area (Å²) >= 11 is 5.69. The van der Waals surface area contributed by atoms with Crippen LogP contribution in [0.3, 0.4) is 0 Å². The van der Waals surface area contributed by atoms with Gasteiger partial charge in [0.2, 0.25) is 0 Å². The first kappa shape index (κ1) is 9.64. The van der Waals surface area contributed by atoms with Gasteiger partial charge >= 0.3 is 10.3 Å². The maximum absolute atomic E-state index is 10.8. The van der Waals surface area contributed by atoms with Crippen LogP contribution < -0.4 is 0 Å².